The Balaban J connectivity index is 3.19. The van der Waals surface area contributed by atoms with E-state index in [2.05, 4.69) is 10.6 Å². The lowest BCUT2D eigenvalue weighted by Gasteiger charge is -2.12. The molecule has 15 heavy (non-hydrogen) atoms. The van der Waals surface area contributed by atoms with E-state index in [0.717, 1.165) is 5.56 Å². The van der Waals surface area contributed by atoms with Crippen molar-refractivity contribution in [1.82, 2.24) is 5.32 Å². The average molecular weight is 223 g/mol. The van der Waals surface area contributed by atoms with Crippen molar-refractivity contribution in [3.8, 4) is 0 Å². The third kappa shape index (κ3) is 2.66. The Morgan fingerprint density at radius 1 is 1.47 bits per heavy atom. The number of aryl methyl sites for hydroxylation is 1. The topological polar surface area (TPSA) is 67.2 Å². The van der Waals surface area contributed by atoms with Crippen LogP contribution in [0.5, 0.6) is 0 Å². The van der Waals surface area contributed by atoms with Gasteiger partial charge in [0.15, 0.2) is 5.11 Å². The molecule has 1 aromatic carbocycles. The Bertz CT molecular complexity index is 404. The zero-order chi connectivity index (χ0) is 11.4. The van der Waals surface area contributed by atoms with E-state index in [1.54, 1.807) is 13.1 Å². The number of carbonyl (C=O) groups excluding carboxylic acids is 1. The second-order valence-electron chi connectivity index (χ2n) is 3.07. The monoisotopic (exact) mass is 223 g/mol. The molecular formula is C10H13N3OS. The first-order chi connectivity index (χ1) is 7.06. The van der Waals surface area contributed by atoms with Gasteiger partial charge in [0.05, 0.1) is 11.3 Å². The number of anilines is 1. The van der Waals surface area contributed by atoms with Gasteiger partial charge in [0.2, 0.25) is 0 Å². The summed E-state index contributed by atoms with van der Waals surface area (Å²) in [5.41, 5.74) is 7.50. The molecule has 0 atom stereocenters. The van der Waals surface area contributed by atoms with Crippen LogP contribution in [0.3, 0.4) is 0 Å². The number of nitrogens with two attached hydrogens (primary N) is 1. The highest BCUT2D eigenvalue weighted by Gasteiger charge is 2.11. The molecule has 0 fully saturated rings. The van der Waals surface area contributed by atoms with Crippen molar-refractivity contribution in [1.29, 1.82) is 0 Å². The first kappa shape index (κ1) is 11.5. The van der Waals surface area contributed by atoms with Crippen LogP contribution in [0.1, 0.15) is 15.9 Å². The minimum Gasteiger partial charge on any atom is -0.376 e. The van der Waals surface area contributed by atoms with Gasteiger partial charge in [0.1, 0.15) is 0 Å². The fraction of sp³-hybridized carbons (Fsp3) is 0.200. The highest BCUT2D eigenvalue weighted by Crippen LogP contribution is 2.20. The molecule has 0 spiro atoms. The van der Waals surface area contributed by atoms with Gasteiger partial charge in [0.25, 0.3) is 5.91 Å². The average Bonchev–Trinajstić information content (AvgIpc) is 2.19. The van der Waals surface area contributed by atoms with Crippen LogP contribution in [0.2, 0.25) is 0 Å². The van der Waals surface area contributed by atoms with Gasteiger partial charge in [-0.05, 0) is 30.8 Å². The molecule has 80 valence electrons. The molecule has 5 heteroatoms. The number of benzene rings is 1. The molecule has 1 amide bonds. The molecule has 0 aliphatic carbocycles. The molecule has 4 nitrogen and oxygen atoms in total. The number of hydrogen-bond acceptors (Lipinski definition) is 2. The van der Waals surface area contributed by atoms with Crippen LogP contribution in [0.15, 0.2) is 18.2 Å². The number of thiocarbonyl (C=S) groups is 1. The molecule has 1 rings (SSSR count). The second-order valence-corrected chi connectivity index (χ2v) is 3.51. The van der Waals surface area contributed by atoms with Crippen molar-refractivity contribution in [2.45, 2.75) is 6.92 Å². The standard InChI is InChI=1S/C10H13N3OS/c1-6-4-3-5-7(9(14)12-2)8(6)13-10(11)15/h3-5H,1-2H3,(H,12,14)(H3,11,13,15). The Morgan fingerprint density at radius 2 is 2.13 bits per heavy atom. The lowest BCUT2D eigenvalue weighted by molar-refractivity contribution is 0.0964. The Kier molecular flexibility index (Phi) is 3.62. The number of rotatable bonds is 2. The zero-order valence-corrected chi connectivity index (χ0v) is 9.44. The first-order valence-corrected chi connectivity index (χ1v) is 4.85. The summed E-state index contributed by atoms with van der Waals surface area (Å²) < 4.78 is 0. The SMILES string of the molecule is CNC(=O)c1cccc(C)c1NC(N)=S. The van der Waals surface area contributed by atoms with Crippen LogP contribution >= 0.6 is 12.2 Å². The number of amides is 1. The lowest BCUT2D eigenvalue weighted by Crippen LogP contribution is -2.24. The van der Waals surface area contributed by atoms with Gasteiger partial charge in [0, 0.05) is 7.05 Å². The molecule has 4 N–H and O–H groups in total. The van der Waals surface area contributed by atoms with E-state index in [1.807, 2.05) is 19.1 Å². The van der Waals surface area contributed by atoms with Crippen LogP contribution in [-0.4, -0.2) is 18.1 Å². The largest absolute Gasteiger partial charge is 0.376 e. The molecular weight excluding hydrogens is 210 g/mol. The van der Waals surface area contributed by atoms with E-state index < -0.39 is 0 Å². The molecule has 0 saturated heterocycles. The molecule has 0 saturated carbocycles. The van der Waals surface area contributed by atoms with Gasteiger partial charge < -0.3 is 16.4 Å². The maximum absolute atomic E-state index is 11.5. The highest BCUT2D eigenvalue weighted by molar-refractivity contribution is 7.80. The summed E-state index contributed by atoms with van der Waals surface area (Å²) in [6, 6.07) is 5.41. The molecule has 0 aromatic heterocycles. The van der Waals surface area contributed by atoms with E-state index in [4.69, 9.17) is 18.0 Å². The second kappa shape index (κ2) is 4.75. The maximum atomic E-state index is 11.5. The summed E-state index contributed by atoms with van der Waals surface area (Å²) >= 11 is 4.75. The van der Waals surface area contributed by atoms with Crippen LogP contribution < -0.4 is 16.4 Å². The van der Waals surface area contributed by atoms with Gasteiger partial charge in [-0.25, -0.2) is 0 Å². The smallest absolute Gasteiger partial charge is 0.253 e. The van der Waals surface area contributed by atoms with Crippen LogP contribution in [0, 0.1) is 6.92 Å². The van der Waals surface area contributed by atoms with E-state index >= 15 is 0 Å². The lowest BCUT2D eigenvalue weighted by atomic mass is 10.1. The molecule has 0 aliphatic heterocycles. The molecule has 1 aromatic rings. The van der Waals surface area contributed by atoms with Gasteiger partial charge in [-0.15, -0.1) is 0 Å². The molecule has 0 bridgehead atoms. The van der Waals surface area contributed by atoms with Crippen LogP contribution in [-0.2, 0) is 0 Å². The van der Waals surface area contributed by atoms with Gasteiger partial charge in [-0.2, -0.15) is 0 Å². The number of carbonyl (C=O) groups is 1. The summed E-state index contributed by atoms with van der Waals surface area (Å²) in [7, 11) is 1.58. The summed E-state index contributed by atoms with van der Waals surface area (Å²) in [6.07, 6.45) is 0. The predicted octanol–water partition coefficient (Wildman–Crippen LogP) is 1.01. The van der Waals surface area contributed by atoms with E-state index in [9.17, 15) is 4.79 Å². The fourth-order valence-corrected chi connectivity index (χ4v) is 1.38. The number of hydrogen-bond donors (Lipinski definition) is 3. The molecule has 0 aliphatic rings. The van der Waals surface area contributed by atoms with Gasteiger partial charge in [-0.1, -0.05) is 12.1 Å². The minimum atomic E-state index is -0.169. The number of para-hydroxylation sites is 1. The third-order valence-corrected chi connectivity index (χ3v) is 2.09. The van der Waals surface area contributed by atoms with Crippen molar-refractivity contribution in [3.63, 3.8) is 0 Å². The Labute approximate surface area is 93.9 Å². The summed E-state index contributed by atoms with van der Waals surface area (Å²) in [6.45, 7) is 1.88. The highest BCUT2D eigenvalue weighted by atomic mass is 32.1. The minimum absolute atomic E-state index is 0.148. The zero-order valence-electron chi connectivity index (χ0n) is 8.63. The quantitative estimate of drug-likeness (QED) is 0.655. The van der Waals surface area contributed by atoms with Crippen LogP contribution in [0.4, 0.5) is 5.69 Å². The van der Waals surface area contributed by atoms with E-state index in [-0.39, 0.29) is 11.0 Å². The van der Waals surface area contributed by atoms with Crippen LogP contribution in [0.25, 0.3) is 0 Å². The Hall–Kier alpha value is -1.62. The molecule has 0 radical (unpaired) electrons. The summed E-state index contributed by atoms with van der Waals surface area (Å²) in [5, 5.41) is 5.51. The summed E-state index contributed by atoms with van der Waals surface area (Å²) in [4.78, 5) is 11.5. The first-order valence-electron chi connectivity index (χ1n) is 4.44. The van der Waals surface area contributed by atoms with E-state index in [0.29, 0.717) is 11.3 Å². The van der Waals surface area contributed by atoms with E-state index in [1.165, 1.54) is 0 Å². The predicted molar refractivity (Wildman–Crippen MR) is 65.0 cm³/mol. The van der Waals surface area contributed by atoms with Crippen molar-refractivity contribution >= 4 is 28.9 Å². The van der Waals surface area contributed by atoms with Gasteiger partial charge >= 0.3 is 0 Å². The van der Waals surface area contributed by atoms with Gasteiger partial charge in [-0.3, -0.25) is 4.79 Å². The molecule has 0 heterocycles. The van der Waals surface area contributed by atoms with Crippen molar-refractivity contribution in [2.24, 2.45) is 5.73 Å². The van der Waals surface area contributed by atoms with Crippen molar-refractivity contribution in [2.75, 3.05) is 12.4 Å². The molecule has 0 unspecified atom stereocenters. The fourth-order valence-electron chi connectivity index (χ4n) is 1.28. The third-order valence-electron chi connectivity index (χ3n) is 1.99. The Morgan fingerprint density at radius 3 is 2.67 bits per heavy atom. The number of nitrogens with one attached hydrogen (secondary N) is 2. The maximum Gasteiger partial charge on any atom is 0.253 e. The normalized spacial score (nSPS) is 9.47. The van der Waals surface area contributed by atoms with Crippen molar-refractivity contribution < 1.29 is 4.79 Å². The summed E-state index contributed by atoms with van der Waals surface area (Å²) in [5.74, 6) is -0.169. The van der Waals surface area contributed by atoms with Crippen molar-refractivity contribution in [3.05, 3.63) is 29.3 Å².